The lowest BCUT2D eigenvalue weighted by atomic mass is 9.80. The van der Waals surface area contributed by atoms with Crippen molar-refractivity contribution in [3.63, 3.8) is 0 Å². The molecule has 0 bridgehead atoms. The fraction of sp³-hybridized carbons (Fsp3) is 0.150. The molecule has 18 heteroatoms. The van der Waals surface area contributed by atoms with Crippen LogP contribution >= 0.6 is 0 Å². The van der Waals surface area contributed by atoms with Crippen LogP contribution in [-0.4, -0.2) is 65.9 Å². The Morgan fingerprint density at radius 1 is 1.00 bits per heavy atom. The van der Waals surface area contributed by atoms with Crippen LogP contribution in [0.4, 0.5) is 4.79 Å². The number of carbonyl (C=O) groups excluding carboxylic acids is 1. The van der Waals surface area contributed by atoms with Crippen molar-refractivity contribution in [1.82, 2.24) is 9.55 Å². The Morgan fingerprint density at radius 3 is 2.16 bits per heavy atom. The molecule has 0 amide bonds. The molecule has 0 radical (unpaired) electrons. The Labute approximate surface area is 214 Å². The van der Waals surface area contributed by atoms with Gasteiger partial charge in [-0.05, 0) is 28.7 Å². The maximum absolute atomic E-state index is 13.3. The molecular formula is C20H19BN2O13S2. The van der Waals surface area contributed by atoms with E-state index in [1.807, 2.05) is 0 Å². The van der Waals surface area contributed by atoms with Crippen LogP contribution in [0.3, 0.4) is 0 Å². The van der Waals surface area contributed by atoms with Crippen LogP contribution in [0.5, 0.6) is 5.88 Å². The third-order valence-corrected chi connectivity index (χ3v) is 6.98. The first-order valence-corrected chi connectivity index (χ1v) is 13.1. The minimum absolute atomic E-state index is 0.142. The van der Waals surface area contributed by atoms with Crippen LogP contribution in [0.1, 0.15) is 16.7 Å². The van der Waals surface area contributed by atoms with Gasteiger partial charge in [-0.15, -0.1) is 0 Å². The number of aromatic nitrogens is 2. The van der Waals surface area contributed by atoms with Crippen molar-refractivity contribution in [3.05, 3.63) is 80.0 Å². The van der Waals surface area contributed by atoms with E-state index in [1.165, 1.54) is 24.3 Å². The van der Waals surface area contributed by atoms with Gasteiger partial charge in [0.05, 0.1) is 29.0 Å². The van der Waals surface area contributed by atoms with Gasteiger partial charge >= 0.3 is 19.0 Å². The average Bonchev–Trinajstić information content (AvgIpc) is 2.83. The number of methoxy groups -OCH3 is 1. The number of benzene rings is 2. The van der Waals surface area contributed by atoms with E-state index in [0.717, 1.165) is 19.2 Å². The van der Waals surface area contributed by atoms with Gasteiger partial charge in [0.15, 0.2) is 0 Å². The monoisotopic (exact) mass is 570 g/mol. The van der Waals surface area contributed by atoms with Gasteiger partial charge in [0.2, 0.25) is 5.88 Å². The number of rotatable bonds is 8. The van der Waals surface area contributed by atoms with Gasteiger partial charge in [-0.3, -0.25) is 23.5 Å². The molecule has 0 aliphatic carbocycles. The zero-order valence-corrected chi connectivity index (χ0v) is 20.9. The lowest BCUT2D eigenvalue weighted by Crippen LogP contribution is -2.38. The van der Waals surface area contributed by atoms with Gasteiger partial charge in [-0.1, -0.05) is 30.3 Å². The number of nitrogens with one attached hydrogen (secondary N) is 1. The summed E-state index contributed by atoms with van der Waals surface area (Å²) in [6, 6.07) is 7.65. The average molecular weight is 570 g/mol. The maximum Gasteiger partial charge on any atom is 0.514 e. The summed E-state index contributed by atoms with van der Waals surface area (Å²) in [6.45, 7) is -0.353. The second kappa shape index (κ2) is 10.9. The largest absolute Gasteiger partial charge is 0.514 e. The third kappa shape index (κ3) is 6.54. The van der Waals surface area contributed by atoms with Gasteiger partial charge in [0.25, 0.3) is 25.8 Å². The Balaban J connectivity index is 2.19. The molecule has 2 aromatic carbocycles. The molecule has 5 N–H and O–H groups in total. The quantitative estimate of drug-likeness (QED) is 0.118. The van der Waals surface area contributed by atoms with Gasteiger partial charge in [0, 0.05) is 6.42 Å². The first kappa shape index (κ1) is 28.8. The van der Waals surface area contributed by atoms with E-state index in [1.54, 1.807) is 0 Å². The molecule has 38 heavy (non-hydrogen) atoms. The van der Waals surface area contributed by atoms with Crippen molar-refractivity contribution in [3.8, 4) is 5.88 Å². The molecule has 0 fully saturated rings. The van der Waals surface area contributed by atoms with Crippen molar-refractivity contribution in [2.45, 2.75) is 22.8 Å². The number of carbonyl (C=O) groups is 1. The van der Waals surface area contributed by atoms with Crippen molar-refractivity contribution < 1.29 is 50.3 Å². The molecule has 202 valence electrons. The molecule has 3 rings (SSSR count). The highest BCUT2D eigenvalue weighted by molar-refractivity contribution is 7.86. The Kier molecular flexibility index (Phi) is 8.25. The number of ether oxygens (including phenoxy) is 2. The number of hydrogen-bond acceptors (Lipinski definition) is 11. The number of H-pyrrole nitrogens is 1. The highest BCUT2D eigenvalue weighted by Gasteiger charge is 2.25. The summed E-state index contributed by atoms with van der Waals surface area (Å²) in [5.41, 5.74) is -2.43. The molecule has 1 aromatic heterocycles. The number of aromatic amines is 1. The van der Waals surface area contributed by atoms with E-state index in [-0.39, 0.29) is 17.6 Å². The molecule has 0 spiro atoms. The predicted octanol–water partition coefficient (Wildman–Crippen LogP) is -1.51. The first-order valence-electron chi connectivity index (χ1n) is 10.3. The highest BCUT2D eigenvalue weighted by Crippen LogP contribution is 2.24. The fourth-order valence-corrected chi connectivity index (χ4v) is 4.68. The Morgan fingerprint density at radius 2 is 1.63 bits per heavy atom. The first-order chi connectivity index (χ1) is 17.6. The molecule has 1 heterocycles. The van der Waals surface area contributed by atoms with E-state index in [9.17, 15) is 50.4 Å². The van der Waals surface area contributed by atoms with Crippen molar-refractivity contribution >= 4 is 39.0 Å². The molecular weight excluding hydrogens is 551 g/mol. The van der Waals surface area contributed by atoms with Gasteiger partial charge < -0.3 is 19.5 Å². The number of hydrogen-bond donors (Lipinski definition) is 5. The molecule has 0 saturated heterocycles. The topological polar surface area (TPSA) is 240 Å². The van der Waals surface area contributed by atoms with Crippen LogP contribution in [0.2, 0.25) is 0 Å². The summed E-state index contributed by atoms with van der Waals surface area (Å²) in [4.78, 5) is 38.0. The SMILES string of the molecule is COC(=O)Oc1[nH]c(=O)n(Cc2ccc(B(O)O)cc2)c(=O)c1Cc1ccc(S(=O)(=O)O)cc1S(=O)(=O)O. The van der Waals surface area contributed by atoms with E-state index < -0.39 is 72.4 Å². The van der Waals surface area contributed by atoms with E-state index in [4.69, 9.17) is 4.74 Å². The van der Waals surface area contributed by atoms with Crippen LogP contribution in [0, 0.1) is 0 Å². The minimum Gasteiger partial charge on any atom is -0.437 e. The zero-order chi connectivity index (χ0) is 28.4. The molecule has 15 nitrogen and oxygen atoms in total. The summed E-state index contributed by atoms with van der Waals surface area (Å²) < 4.78 is 75.5. The van der Waals surface area contributed by atoms with Crippen LogP contribution in [-0.2, 0) is 37.9 Å². The summed E-state index contributed by atoms with van der Waals surface area (Å²) >= 11 is 0. The number of nitrogens with zero attached hydrogens (tertiary/aromatic N) is 1. The summed E-state index contributed by atoms with van der Waals surface area (Å²) in [6.07, 6.45) is -2.05. The molecule has 0 unspecified atom stereocenters. The van der Waals surface area contributed by atoms with Gasteiger partial charge in [0.1, 0.15) is 0 Å². The van der Waals surface area contributed by atoms with E-state index >= 15 is 0 Å². The second-order valence-corrected chi connectivity index (χ2v) is 10.5. The molecule has 0 atom stereocenters. The Hall–Kier alpha value is -3.81. The van der Waals surface area contributed by atoms with Crippen molar-refractivity contribution in [2.24, 2.45) is 0 Å². The Bertz CT molecular complexity index is 1710. The lowest BCUT2D eigenvalue weighted by molar-refractivity contribution is 0.119. The fourth-order valence-electron chi connectivity index (χ4n) is 3.35. The molecule has 0 aliphatic rings. The smallest absolute Gasteiger partial charge is 0.437 e. The predicted molar refractivity (Wildman–Crippen MR) is 129 cm³/mol. The molecule has 0 saturated carbocycles. The standard InChI is InChI=1S/C20H19BN2O13S2/c1-35-20(26)36-17-15(8-12-4-7-14(37(29,30)31)9-16(12)38(32,33)34)18(24)23(19(25)22-17)10-11-2-5-13(6-3-11)21(27)28/h2-7,9,27-28H,8,10H2,1H3,(H,22,25)(H,29,30,31)(H,32,33,34). The summed E-state index contributed by atoms with van der Waals surface area (Å²) in [7, 11) is -10.8. The second-order valence-electron chi connectivity index (χ2n) is 7.70. The van der Waals surface area contributed by atoms with Crippen molar-refractivity contribution in [2.75, 3.05) is 7.11 Å². The summed E-state index contributed by atoms with van der Waals surface area (Å²) in [5.74, 6) is -0.706. The maximum atomic E-state index is 13.3. The van der Waals surface area contributed by atoms with Gasteiger partial charge in [-0.2, -0.15) is 16.8 Å². The zero-order valence-electron chi connectivity index (χ0n) is 19.3. The van der Waals surface area contributed by atoms with Crippen LogP contribution in [0.25, 0.3) is 0 Å². The summed E-state index contributed by atoms with van der Waals surface area (Å²) in [5, 5.41) is 18.4. The molecule has 0 aliphatic heterocycles. The van der Waals surface area contributed by atoms with Gasteiger partial charge in [-0.25, -0.2) is 9.59 Å². The van der Waals surface area contributed by atoms with E-state index in [0.29, 0.717) is 16.2 Å². The van der Waals surface area contributed by atoms with Crippen LogP contribution in [0.15, 0.2) is 61.8 Å². The minimum atomic E-state index is -5.10. The molecule has 3 aromatic rings. The normalized spacial score (nSPS) is 11.7. The lowest BCUT2D eigenvalue weighted by Gasteiger charge is -2.14. The van der Waals surface area contributed by atoms with Crippen molar-refractivity contribution in [1.29, 1.82) is 0 Å². The third-order valence-electron chi connectivity index (χ3n) is 5.20. The van der Waals surface area contributed by atoms with Crippen LogP contribution < -0.4 is 21.4 Å². The van der Waals surface area contributed by atoms with E-state index in [2.05, 4.69) is 9.72 Å². The highest BCUT2D eigenvalue weighted by atomic mass is 32.2.